The van der Waals surface area contributed by atoms with E-state index < -0.39 is 17.7 Å². The van der Waals surface area contributed by atoms with Crippen LogP contribution in [-0.2, 0) is 4.74 Å². The zero-order valence-electron chi connectivity index (χ0n) is 14.5. The minimum absolute atomic E-state index is 0.218. The van der Waals surface area contributed by atoms with E-state index in [-0.39, 0.29) is 12.2 Å². The fraction of sp³-hybridized carbons (Fsp3) is 0.353. The number of carbonyl (C=O) groups is 1. The number of hydrogen-bond acceptors (Lipinski definition) is 6. The number of ether oxygens (including phenoxy) is 1. The molecule has 0 spiro atoms. The summed E-state index contributed by atoms with van der Waals surface area (Å²) in [5.74, 6) is -0.760. The van der Waals surface area contributed by atoms with Gasteiger partial charge in [-0.3, -0.25) is 0 Å². The van der Waals surface area contributed by atoms with Gasteiger partial charge in [-0.05, 0) is 12.1 Å². The van der Waals surface area contributed by atoms with Crippen molar-refractivity contribution in [3.05, 3.63) is 42.1 Å². The minimum atomic E-state index is -0.708. The van der Waals surface area contributed by atoms with Gasteiger partial charge in [0.2, 0.25) is 0 Å². The molecule has 0 atom stereocenters. The Kier molecular flexibility index (Phi) is 6.31. The first-order valence-electron chi connectivity index (χ1n) is 8.51. The zero-order chi connectivity index (χ0) is 19.1. The summed E-state index contributed by atoms with van der Waals surface area (Å²) in [6.45, 7) is 3.59. The summed E-state index contributed by atoms with van der Waals surface area (Å²) in [6.07, 6.45) is 1.69. The Balaban J connectivity index is 1.43. The van der Waals surface area contributed by atoms with E-state index in [9.17, 15) is 13.6 Å². The lowest BCUT2D eigenvalue weighted by molar-refractivity contribution is 0.122. The van der Waals surface area contributed by atoms with Crippen molar-refractivity contribution in [3.8, 4) is 0 Å². The maximum absolute atomic E-state index is 13.5. The average Bonchev–Trinajstić information content (AvgIpc) is 2.69. The average molecular weight is 378 g/mol. The maximum Gasteiger partial charge on any atom is 0.319 e. The van der Waals surface area contributed by atoms with Crippen molar-refractivity contribution < 1.29 is 18.3 Å². The predicted molar refractivity (Wildman–Crippen MR) is 96.9 cm³/mol. The van der Waals surface area contributed by atoms with E-state index in [0.29, 0.717) is 25.6 Å². The van der Waals surface area contributed by atoms with Gasteiger partial charge in [0.15, 0.2) is 5.82 Å². The highest BCUT2D eigenvalue weighted by Crippen LogP contribution is 2.17. The lowest BCUT2D eigenvalue weighted by atomic mass is 10.3. The molecule has 0 bridgehead atoms. The monoisotopic (exact) mass is 378 g/mol. The molecule has 2 aromatic rings. The number of aromatic nitrogens is 2. The van der Waals surface area contributed by atoms with Crippen LogP contribution in [-0.4, -0.2) is 55.6 Å². The second-order valence-electron chi connectivity index (χ2n) is 5.83. The van der Waals surface area contributed by atoms with E-state index in [1.165, 1.54) is 0 Å². The maximum atomic E-state index is 13.5. The molecular formula is C17H20F2N6O2. The lowest BCUT2D eigenvalue weighted by Gasteiger charge is -2.28. The van der Waals surface area contributed by atoms with Gasteiger partial charge in [-0.15, -0.1) is 5.10 Å². The Labute approximate surface area is 154 Å². The number of nitrogens with one attached hydrogen (secondary N) is 3. The molecule has 1 aliphatic rings. The number of nitrogens with zero attached hydrogens (tertiary/aromatic N) is 3. The smallest absolute Gasteiger partial charge is 0.319 e. The van der Waals surface area contributed by atoms with Gasteiger partial charge in [-0.1, -0.05) is 0 Å². The molecule has 10 heteroatoms. The number of carbonyl (C=O) groups excluding carboxylic acids is 1. The Morgan fingerprint density at radius 2 is 2.00 bits per heavy atom. The number of halogens is 2. The molecule has 2 amide bonds. The fourth-order valence-electron chi connectivity index (χ4n) is 2.56. The molecule has 2 heterocycles. The molecule has 0 radical (unpaired) electrons. The highest BCUT2D eigenvalue weighted by atomic mass is 19.1. The highest BCUT2D eigenvalue weighted by Gasteiger charge is 2.12. The molecule has 8 nitrogen and oxygen atoms in total. The van der Waals surface area contributed by atoms with Crippen molar-refractivity contribution in [3.63, 3.8) is 0 Å². The van der Waals surface area contributed by atoms with Gasteiger partial charge in [0.05, 0.1) is 30.8 Å². The first-order chi connectivity index (χ1) is 13.1. The molecule has 1 aliphatic heterocycles. The van der Waals surface area contributed by atoms with Gasteiger partial charge < -0.3 is 25.6 Å². The SMILES string of the molecule is O=C(NCCNc1cc(N2CCOCC2)cnn1)Nc1cc(F)ccc1F. The minimum Gasteiger partial charge on any atom is -0.378 e. The molecule has 0 aliphatic carbocycles. The second-order valence-corrected chi connectivity index (χ2v) is 5.83. The molecule has 1 aromatic heterocycles. The number of benzene rings is 1. The lowest BCUT2D eigenvalue weighted by Crippen LogP contribution is -2.36. The van der Waals surface area contributed by atoms with Crippen LogP contribution in [0, 0.1) is 11.6 Å². The van der Waals surface area contributed by atoms with Crippen LogP contribution >= 0.6 is 0 Å². The molecule has 3 rings (SSSR count). The van der Waals surface area contributed by atoms with Crippen LogP contribution in [0.2, 0.25) is 0 Å². The number of anilines is 3. The topological polar surface area (TPSA) is 91.4 Å². The quantitative estimate of drug-likeness (QED) is 0.665. The van der Waals surface area contributed by atoms with Crippen LogP contribution in [0.3, 0.4) is 0 Å². The number of hydrogen-bond donors (Lipinski definition) is 3. The molecule has 27 heavy (non-hydrogen) atoms. The molecule has 0 unspecified atom stereocenters. The van der Waals surface area contributed by atoms with E-state index in [1.54, 1.807) is 6.20 Å². The molecule has 1 saturated heterocycles. The summed E-state index contributed by atoms with van der Waals surface area (Å²) in [5.41, 5.74) is 0.729. The molecule has 144 valence electrons. The van der Waals surface area contributed by atoms with Gasteiger partial charge in [0.1, 0.15) is 11.6 Å². The largest absolute Gasteiger partial charge is 0.378 e. The van der Waals surface area contributed by atoms with Crippen molar-refractivity contribution in [2.75, 3.05) is 54.9 Å². The van der Waals surface area contributed by atoms with Crippen molar-refractivity contribution in [1.29, 1.82) is 0 Å². The first kappa shape index (κ1) is 18.8. The third kappa shape index (κ3) is 5.48. The summed E-state index contributed by atoms with van der Waals surface area (Å²) < 4.78 is 31.9. The summed E-state index contributed by atoms with van der Waals surface area (Å²) in [5, 5.41) is 15.8. The van der Waals surface area contributed by atoms with Gasteiger partial charge in [0, 0.05) is 38.3 Å². The fourth-order valence-corrected chi connectivity index (χ4v) is 2.56. The van der Waals surface area contributed by atoms with E-state index in [4.69, 9.17) is 4.74 Å². The van der Waals surface area contributed by atoms with Gasteiger partial charge in [-0.2, -0.15) is 5.10 Å². The molecule has 1 aromatic carbocycles. The van der Waals surface area contributed by atoms with Crippen LogP contribution in [0.15, 0.2) is 30.5 Å². The molecular weight excluding hydrogens is 358 g/mol. The van der Waals surface area contributed by atoms with Crippen LogP contribution in [0.4, 0.5) is 30.8 Å². The number of morpholine rings is 1. The summed E-state index contributed by atoms with van der Waals surface area (Å²) in [4.78, 5) is 13.9. The molecule has 0 saturated carbocycles. The standard InChI is InChI=1S/C17H20F2N6O2/c18-12-1-2-14(19)15(9-12)23-17(26)21-4-3-20-16-10-13(11-22-24-16)25-5-7-27-8-6-25/h1-2,9-11H,3-8H2,(H,20,24)(H2,21,23,26). The Morgan fingerprint density at radius 3 is 2.81 bits per heavy atom. The highest BCUT2D eigenvalue weighted by molar-refractivity contribution is 5.89. The Hall–Kier alpha value is -3.01. The van der Waals surface area contributed by atoms with Gasteiger partial charge in [-0.25, -0.2) is 13.6 Å². The Morgan fingerprint density at radius 1 is 1.19 bits per heavy atom. The summed E-state index contributed by atoms with van der Waals surface area (Å²) in [7, 11) is 0. The van der Waals surface area contributed by atoms with E-state index >= 15 is 0 Å². The molecule has 3 N–H and O–H groups in total. The van der Waals surface area contributed by atoms with Crippen LogP contribution in [0.5, 0.6) is 0 Å². The van der Waals surface area contributed by atoms with Crippen molar-refractivity contribution >= 4 is 23.2 Å². The zero-order valence-corrected chi connectivity index (χ0v) is 14.5. The number of rotatable bonds is 6. The Bertz CT molecular complexity index is 786. The van der Waals surface area contributed by atoms with Crippen LogP contribution in [0.25, 0.3) is 0 Å². The van der Waals surface area contributed by atoms with Crippen molar-refractivity contribution in [2.24, 2.45) is 0 Å². The van der Waals surface area contributed by atoms with E-state index in [1.807, 2.05) is 6.07 Å². The number of urea groups is 1. The summed E-state index contributed by atoms with van der Waals surface area (Å²) in [6, 6.07) is 4.09. The second kappa shape index (κ2) is 9.08. The van der Waals surface area contributed by atoms with Crippen molar-refractivity contribution in [1.82, 2.24) is 15.5 Å². The normalized spacial score (nSPS) is 13.9. The number of amides is 2. The predicted octanol–water partition coefficient (Wildman–Crippen LogP) is 1.82. The molecule has 1 fully saturated rings. The van der Waals surface area contributed by atoms with Crippen molar-refractivity contribution in [2.45, 2.75) is 0 Å². The third-order valence-electron chi connectivity index (χ3n) is 3.91. The van der Waals surface area contributed by atoms with Crippen LogP contribution < -0.4 is 20.9 Å². The van der Waals surface area contributed by atoms with E-state index in [0.717, 1.165) is 37.0 Å². The summed E-state index contributed by atoms with van der Waals surface area (Å²) >= 11 is 0. The van der Waals surface area contributed by atoms with Crippen LogP contribution in [0.1, 0.15) is 0 Å². The first-order valence-corrected chi connectivity index (χ1v) is 8.51. The van der Waals surface area contributed by atoms with Gasteiger partial charge in [0.25, 0.3) is 0 Å². The third-order valence-corrected chi connectivity index (χ3v) is 3.91. The van der Waals surface area contributed by atoms with Gasteiger partial charge >= 0.3 is 6.03 Å². The van der Waals surface area contributed by atoms with E-state index in [2.05, 4.69) is 31.0 Å².